The summed E-state index contributed by atoms with van der Waals surface area (Å²) in [5.41, 5.74) is 18.0. The van der Waals surface area contributed by atoms with Gasteiger partial charge in [0.15, 0.2) is 24.8 Å². The van der Waals surface area contributed by atoms with Crippen molar-refractivity contribution in [2.45, 2.75) is 113 Å². The third-order valence-electron chi connectivity index (χ3n) is 22.1. The molecule has 11 aromatic heterocycles. The van der Waals surface area contributed by atoms with Crippen LogP contribution in [-0.4, -0.2) is 143 Å². The fraction of sp³-hybridized carbons (Fsp3) is 0.178. The van der Waals surface area contributed by atoms with Crippen LogP contribution in [0.25, 0.3) is 55.6 Å². The van der Waals surface area contributed by atoms with Gasteiger partial charge in [-0.05, 0) is 218 Å². The van der Waals surface area contributed by atoms with Crippen LogP contribution in [0.2, 0.25) is 20.4 Å². The number of nitrogen functional groups attached to an aromatic ring is 1. The molecule has 15 aromatic rings. The number of methoxy groups -OCH3 is 1. The number of nitrogens with two attached hydrogens (primary N) is 1. The van der Waals surface area contributed by atoms with E-state index in [9.17, 15) is 66.0 Å². The number of rotatable bonds is 26. The van der Waals surface area contributed by atoms with Crippen LogP contribution in [0.1, 0.15) is 97.0 Å². The van der Waals surface area contributed by atoms with Crippen molar-refractivity contribution in [2.75, 3.05) is 60.8 Å². The lowest BCUT2D eigenvalue weighted by Gasteiger charge is -2.20. The second kappa shape index (κ2) is 48.0. The number of carbonyl (C=O) groups excluding carboxylic acids is 4. The summed E-state index contributed by atoms with van der Waals surface area (Å²) in [4.78, 5) is 94.7. The molecule has 0 spiro atoms. The summed E-state index contributed by atoms with van der Waals surface area (Å²) < 4.78 is 153. The highest BCUT2D eigenvalue weighted by Crippen LogP contribution is 2.42. The number of sulfonamides is 2. The topological polar surface area (TPSA) is 506 Å². The Bertz CT molecular complexity index is 8080. The third-order valence-corrected chi connectivity index (χ3v) is 30.2. The second-order valence-corrected chi connectivity index (χ2v) is 42.1. The molecule has 2 fully saturated rings. The van der Waals surface area contributed by atoms with Crippen molar-refractivity contribution in [2.24, 2.45) is 0 Å². The van der Waals surface area contributed by atoms with E-state index in [1.807, 2.05) is 66.2 Å². The third kappa shape index (κ3) is 28.8. The Morgan fingerprint density at radius 1 is 0.503 bits per heavy atom. The molecule has 4 aromatic carbocycles. The van der Waals surface area contributed by atoms with E-state index >= 15 is 0 Å². The molecule has 0 radical (unpaired) electrons. The Labute approximate surface area is 864 Å². The average molecular weight is 2150 g/mol. The molecule has 1 aliphatic heterocycles. The number of nitriles is 1. The van der Waals surface area contributed by atoms with Crippen LogP contribution in [0.5, 0.6) is 5.88 Å². The van der Waals surface area contributed by atoms with E-state index in [0.717, 1.165) is 75.4 Å². The quantitative estimate of drug-likeness (QED) is 0.0233. The predicted molar refractivity (Wildman–Crippen MR) is 557 cm³/mol. The molecule has 1 unspecified atom stereocenters. The summed E-state index contributed by atoms with van der Waals surface area (Å²) in [5.74, 6) is -0.605. The number of sulfone groups is 2. The number of hydrogen-bond acceptors (Lipinski definition) is 29. The van der Waals surface area contributed by atoms with Crippen LogP contribution in [0.3, 0.4) is 0 Å². The van der Waals surface area contributed by atoms with Crippen molar-refractivity contribution in [1.82, 2.24) is 65.1 Å². The van der Waals surface area contributed by atoms with Crippen molar-refractivity contribution in [3.05, 3.63) is 326 Å². The number of hydrogen-bond donors (Lipinski definition) is 8. The van der Waals surface area contributed by atoms with Gasteiger partial charge in [0, 0.05) is 160 Å². The lowest BCUT2D eigenvalue weighted by Crippen LogP contribution is -2.33. The molecule has 2 aliphatic rings. The second-order valence-electron chi connectivity index (χ2n) is 33.1. The number of nitrogens with zero attached hydrogens (tertiary/aromatic N) is 14. The van der Waals surface area contributed by atoms with Crippen molar-refractivity contribution >= 4 is 162 Å². The monoisotopic (exact) mass is 2140 g/mol. The molecule has 12 heterocycles. The number of halogens is 7. The standard InChI is InChI=1S/C23H25N5O3S.C21H17FN4O3S.C20H16Cl3N3O3S.C19H16F2N4O4S.C18H17ClN6/c1-16-22(10-20(13-25-16)19-8-9-24-23(11-19)27-17(2)29)28-14-21(15-32(28,30)31)26-12-18-6-4-3-5-7-18;1-13-18(12-30(28,29)20-4-3-15(10-23)7-19(20)22)8-17(11-25-13)16-5-6-24-21(9-16)26-14(2)27;1-11-14(13-6-7-24-18(8-13)26-12(2)27)9-25-20(23)15(11)10-30(28,29)19-16(21)4-3-5-17(19)22;1-11(26)24-18-8-12(5-6-22-18)13-7-17(19(29-2)23-10-13)30(27,28)25-16-9-14(20)3-4-15(16)21;1-10-13(9-23-17(19)16(10)20)12-4-6-21-15(8-12)24-14-5-7-22-18(25-14)11-2-3-11/h3-11,13,21,26H,12,14-15H2,1-2H3,(H,24,27,29);3-9,11H,12H2,1-2H3,(H,24,26,27);3-9H,10H2,1-2H3,(H,24,26,27);3-10,25H,1-2H3,(H,22,24,26);4-9,11H,2-3,20H2,1H3,(H,21,22,24,25). The van der Waals surface area contributed by atoms with E-state index in [4.69, 9.17) is 62.1 Å². The van der Waals surface area contributed by atoms with E-state index in [2.05, 4.69) is 91.7 Å². The minimum absolute atomic E-state index is 0.0332. The predicted octanol–water partition coefficient (Wildman–Crippen LogP) is 18.7. The van der Waals surface area contributed by atoms with Crippen LogP contribution < -0.4 is 51.4 Å². The van der Waals surface area contributed by atoms with Gasteiger partial charge in [0.1, 0.15) is 78.0 Å². The van der Waals surface area contributed by atoms with Crippen LogP contribution in [0, 0.1) is 56.5 Å². The molecular weight excluding hydrogens is 2060 g/mol. The Kier molecular flexibility index (Phi) is 35.6. The number of pyridine rings is 10. The maximum atomic E-state index is 14.2. The smallest absolute Gasteiger partial charge is 0.267 e. The summed E-state index contributed by atoms with van der Waals surface area (Å²) in [6, 6.07) is 45.5. The maximum Gasteiger partial charge on any atom is 0.267 e. The first-order chi connectivity index (χ1) is 69.9. The number of aromatic nitrogens is 12. The summed E-state index contributed by atoms with van der Waals surface area (Å²) in [6.45, 7) is 13.6. The van der Waals surface area contributed by atoms with Crippen molar-refractivity contribution in [3.63, 3.8) is 0 Å². The first-order valence-corrected chi connectivity index (χ1v) is 52.2. The first-order valence-electron chi connectivity index (χ1n) is 44.3. The summed E-state index contributed by atoms with van der Waals surface area (Å²) in [6.07, 6.45) is 19.8. The number of amides is 4. The Morgan fingerprint density at radius 2 is 1.01 bits per heavy atom. The molecule has 1 saturated carbocycles. The van der Waals surface area contributed by atoms with Crippen molar-refractivity contribution in [3.8, 4) is 67.6 Å². The zero-order valence-corrected chi connectivity index (χ0v) is 85.8. The SMILES string of the molecule is CC(=O)Nc1cc(-c2cnc(C)c(CS(=O)(=O)c3ccc(C#N)cc3F)c2)ccn1.CC(=O)Nc1cc(-c2cnc(C)c(N3CC(NCc4ccccc4)CS3(=O)=O)c2)ccn1.CC(=O)Nc1cc(-c2cnc(Cl)c(CS(=O)(=O)c3c(Cl)cccc3Cl)c2C)ccn1.COc1ncc(-c2ccnc(NC(C)=O)c2)cc1S(=O)(=O)Nc1cc(F)ccc1F.Cc1c(-c2ccnc(Nc3ccnc(C4CC4)n3)c2)cnc(Cl)c1N. The molecule has 1 atom stereocenters. The van der Waals surface area contributed by atoms with Crippen molar-refractivity contribution in [1.29, 1.82) is 5.26 Å². The largest absolute Gasteiger partial charge is 0.480 e. The minimum Gasteiger partial charge on any atom is -0.480 e. The summed E-state index contributed by atoms with van der Waals surface area (Å²) >= 11 is 24.4. The molecular formula is C101H91Cl4F3N22O13S4. The van der Waals surface area contributed by atoms with Gasteiger partial charge in [-0.2, -0.15) is 5.26 Å². The summed E-state index contributed by atoms with van der Waals surface area (Å²) in [7, 11) is -14.5. The van der Waals surface area contributed by atoms with Gasteiger partial charge in [0.2, 0.25) is 39.5 Å². The molecule has 1 aliphatic carbocycles. The Balaban J connectivity index is 0.000000154. The fourth-order valence-corrected chi connectivity index (χ4v) is 22.5. The van der Waals surface area contributed by atoms with Crippen molar-refractivity contribution < 1.29 is 70.8 Å². The minimum atomic E-state index is -4.38. The van der Waals surface area contributed by atoms with E-state index in [1.165, 1.54) is 107 Å². The number of carbonyl (C=O) groups is 4. The van der Waals surface area contributed by atoms with Gasteiger partial charge in [-0.3, -0.25) is 38.2 Å². The fourth-order valence-electron chi connectivity index (χ4n) is 14.8. The zero-order chi connectivity index (χ0) is 106. The van der Waals surface area contributed by atoms with Gasteiger partial charge in [0.05, 0.1) is 75.3 Å². The number of ether oxygens (including phenoxy) is 1. The van der Waals surface area contributed by atoms with Crippen LogP contribution in [-0.2, 0) is 76.9 Å². The Morgan fingerprint density at radius 3 is 1.56 bits per heavy atom. The summed E-state index contributed by atoms with van der Waals surface area (Å²) in [5, 5.41) is 26.3. The first kappa shape index (κ1) is 109. The molecule has 9 N–H and O–H groups in total. The normalized spacial score (nSPS) is 12.9. The molecule has 147 heavy (non-hydrogen) atoms. The van der Waals surface area contributed by atoms with Gasteiger partial charge < -0.3 is 42.4 Å². The highest BCUT2D eigenvalue weighted by molar-refractivity contribution is 7.93. The van der Waals surface area contributed by atoms with E-state index in [1.54, 1.807) is 125 Å². The van der Waals surface area contributed by atoms with Crippen LogP contribution in [0.15, 0.2) is 253 Å². The number of aryl methyl sites for hydroxylation is 2. The van der Waals surface area contributed by atoms with E-state index in [-0.39, 0.29) is 77.7 Å². The van der Waals surface area contributed by atoms with Crippen LogP contribution >= 0.6 is 46.4 Å². The van der Waals surface area contributed by atoms with E-state index in [0.29, 0.717) is 120 Å². The number of anilines is 9. The van der Waals surface area contributed by atoms with Gasteiger partial charge >= 0.3 is 0 Å². The van der Waals surface area contributed by atoms with Gasteiger partial charge in [-0.25, -0.2) is 96.7 Å². The lowest BCUT2D eigenvalue weighted by atomic mass is 10.0. The zero-order valence-electron chi connectivity index (χ0n) is 79.5. The van der Waals surface area contributed by atoms with Gasteiger partial charge in [-0.15, -0.1) is 0 Å². The lowest BCUT2D eigenvalue weighted by molar-refractivity contribution is -0.115. The number of benzene rings is 4. The van der Waals surface area contributed by atoms with Gasteiger partial charge in [-0.1, -0.05) is 82.8 Å². The highest BCUT2D eigenvalue weighted by atomic mass is 35.5. The highest BCUT2D eigenvalue weighted by Gasteiger charge is 2.38. The molecule has 756 valence electrons. The Hall–Kier alpha value is -15.5. The maximum absolute atomic E-state index is 14.2. The molecule has 0 bridgehead atoms. The number of nitrogens with one attached hydrogen (secondary N) is 7. The van der Waals surface area contributed by atoms with Crippen LogP contribution in [0.4, 0.5) is 65.1 Å². The molecule has 4 amide bonds. The molecule has 1 saturated heterocycles. The average Bonchev–Trinajstić information content (AvgIpc) is 1.72. The van der Waals surface area contributed by atoms with E-state index < -0.39 is 79.3 Å². The van der Waals surface area contributed by atoms with Gasteiger partial charge in [0.25, 0.3) is 10.0 Å². The molecule has 35 nitrogen and oxygen atoms in total. The molecule has 17 rings (SSSR count). The molecule has 46 heteroatoms.